The third-order valence-electron chi connectivity index (χ3n) is 7.20. The summed E-state index contributed by atoms with van der Waals surface area (Å²) in [6.45, 7) is 9.04. The molecule has 0 bridgehead atoms. The van der Waals surface area contributed by atoms with Crippen molar-refractivity contribution in [3.63, 3.8) is 0 Å². The van der Waals surface area contributed by atoms with Gasteiger partial charge in [-0.25, -0.2) is 4.98 Å². The number of ether oxygens (including phenoxy) is 2. The highest BCUT2D eigenvalue weighted by Gasteiger charge is 2.48. The normalized spacial score (nSPS) is 18.4. The molecule has 2 aliphatic rings. The van der Waals surface area contributed by atoms with E-state index >= 15 is 0 Å². The first-order valence-electron chi connectivity index (χ1n) is 12.9. The summed E-state index contributed by atoms with van der Waals surface area (Å²) in [5.41, 5.74) is 5.12. The number of nitrogens with zero attached hydrogens (tertiary/aromatic N) is 2. The van der Waals surface area contributed by atoms with Crippen molar-refractivity contribution in [2.24, 2.45) is 0 Å². The van der Waals surface area contributed by atoms with Crippen molar-refractivity contribution < 1.29 is 24.2 Å². The maximum absolute atomic E-state index is 13.6. The van der Waals surface area contributed by atoms with Crippen LogP contribution in [-0.2, 0) is 9.59 Å². The Morgan fingerprint density at radius 2 is 1.72 bits per heavy atom. The Hall–Kier alpha value is -4.17. The van der Waals surface area contributed by atoms with E-state index in [9.17, 15) is 14.7 Å². The van der Waals surface area contributed by atoms with E-state index in [0.717, 1.165) is 26.9 Å². The number of rotatable bonds is 4. The number of aromatic nitrogens is 1. The number of carbonyl (C=O) groups excluding carboxylic acids is 2. The van der Waals surface area contributed by atoms with Crippen LogP contribution < -0.4 is 14.4 Å². The van der Waals surface area contributed by atoms with Gasteiger partial charge >= 0.3 is 5.91 Å². The minimum Gasteiger partial charge on any atom is -0.507 e. The fourth-order valence-corrected chi connectivity index (χ4v) is 6.38. The fraction of sp³-hybridized carbons (Fsp3) is 0.258. The first kappa shape index (κ1) is 25.1. The topological polar surface area (TPSA) is 89.0 Å². The van der Waals surface area contributed by atoms with Crippen LogP contribution in [0.15, 0.2) is 60.2 Å². The summed E-state index contributed by atoms with van der Waals surface area (Å²) >= 11 is 1.36. The second kappa shape index (κ2) is 9.54. The Kier molecular flexibility index (Phi) is 6.14. The zero-order valence-electron chi connectivity index (χ0n) is 22.1. The molecule has 1 fully saturated rings. The number of aryl methyl sites for hydroxylation is 2. The monoisotopic (exact) mass is 540 g/mol. The lowest BCUT2D eigenvalue weighted by Gasteiger charge is -2.23. The largest absolute Gasteiger partial charge is 0.507 e. The molecule has 3 heterocycles. The van der Waals surface area contributed by atoms with Crippen molar-refractivity contribution in [2.75, 3.05) is 18.1 Å². The molecule has 0 radical (unpaired) electrons. The molecule has 39 heavy (non-hydrogen) atoms. The highest BCUT2D eigenvalue weighted by molar-refractivity contribution is 7.22. The molecule has 198 valence electrons. The molecule has 1 aromatic heterocycles. The third-order valence-corrected chi connectivity index (χ3v) is 8.21. The van der Waals surface area contributed by atoms with Gasteiger partial charge < -0.3 is 14.6 Å². The molecule has 3 aromatic carbocycles. The zero-order valence-corrected chi connectivity index (χ0v) is 23.0. The average molecular weight is 541 g/mol. The predicted molar refractivity (Wildman–Crippen MR) is 152 cm³/mol. The third kappa shape index (κ3) is 4.25. The number of hydrogen-bond donors (Lipinski definition) is 1. The van der Waals surface area contributed by atoms with Crippen LogP contribution in [0.25, 0.3) is 16.0 Å². The number of anilines is 1. The first-order chi connectivity index (χ1) is 18.7. The molecule has 8 heteroatoms. The SMILES string of the molecule is Cc1cc(C)c2nc(N3C(=O)C(=O)C(=C(O)c4ccc5c(c4)OCCO5)C3c3ccc(C(C)C)cc3)sc2c1. The van der Waals surface area contributed by atoms with E-state index in [4.69, 9.17) is 14.5 Å². The number of benzene rings is 3. The van der Waals surface area contributed by atoms with Gasteiger partial charge in [0, 0.05) is 5.56 Å². The van der Waals surface area contributed by atoms with Gasteiger partial charge in [-0.1, -0.05) is 55.5 Å². The maximum Gasteiger partial charge on any atom is 0.301 e. The molecular weight excluding hydrogens is 512 g/mol. The summed E-state index contributed by atoms with van der Waals surface area (Å²) in [5, 5.41) is 12.0. The minimum atomic E-state index is -0.846. The predicted octanol–water partition coefficient (Wildman–Crippen LogP) is 6.43. The van der Waals surface area contributed by atoms with E-state index in [1.807, 2.05) is 50.2 Å². The second-order valence-electron chi connectivity index (χ2n) is 10.3. The molecule has 0 aliphatic carbocycles. The smallest absolute Gasteiger partial charge is 0.301 e. The van der Waals surface area contributed by atoms with Crippen molar-refractivity contribution in [3.05, 3.63) is 88.0 Å². The van der Waals surface area contributed by atoms with Crippen LogP contribution in [0.2, 0.25) is 0 Å². The van der Waals surface area contributed by atoms with Crippen molar-refractivity contribution in [1.82, 2.24) is 4.98 Å². The summed E-state index contributed by atoms with van der Waals surface area (Å²) in [6, 6.07) is 16.1. The minimum absolute atomic E-state index is 0.0149. The van der Waals surface area contributed by atoms with E-state index in [2.05, 4.69) is 13.8 Å². The zero-order chi connectivity index (χ0) is 27.4. The Morgan fingerprint density at radius 1 is 1.00 bits per heavy atom. The molecule has 1 saturated heterocycles. The summed E-state index contributed by atoms with van der Waals surface area (Å²) in [6.07, 6.45) is 0. The van der Waals surface area contributed by atoms with Crippen LogP contribution in [0.1, 0.15) is 53.6 Å². The number of Topliss-reactive ketones (excluding diaryl/α,β-unsaturated/α-hetero) is 1. The van der Waals surface area contributed by atoms with E-state index < -0.39 is 17.7 Å². The number of hydrogen-bond acceptors (Lipinski definition) is 7. The van der Waals surface area contributed by atoms with E-state index in [-0.39, 0.29) is 11.3 Å². The number of amides is 1. The second-order valence-corrected chi connectivity index (χ2v) is 11.3. The fourth-order valence-electron chi connectivity index (χ4n) is 5.22. The van der Waals surface area contributed by atoms with Crippen LogP contribution in [0, 0.1) is 13.8 Å². The number of thiazole rings is 1. The van der Waals surface area contributed by atoms with Crippen LogP contribution in [0.3, 0.4) is 0 Å². The van der Waals surface area contributed by atoms with Gasteiger partial charge in [0.15, 0.2) is 16.6 Å². The lowest BCUT2D eigenvalue weighted by Crippen LogP contribution is -2.29. The van der Waals surface area contributed by atoms with Gasteiger partial charge in [-0.2, -0.15) is 0 Å². The lowest BCUT2D eigenvalue weighted by molar-refractivity contribution is -0.132. The molecule has 1 N–H and O–H groups in total. The molecule has 2 aliphatic heterocycles. The number of aliphatic hydroxyl groups is 1. The van der Waals surface area contributed by atoms with E-state index in [1.165, 1.54) is 16.2 Å². The Morgan fingerprint density at radius 3 is 2.44 bits per heavy atom. The number of ketones is 1. The molecule has 1 unspecified atom stereocenters. The van der Waals surface area contributed by atoms with Crippen molar-refractivity contribution >= 4 is 44.1 Å². The molecule has 1 atom stereocenters. The van der Waals surface area contributed by atoms with E-state index in [0.29, 0.717) is 46.9 Å². The summed E-state index contributed by atoms with van der Waals surface area (Å²) < 4.78 is 12.2. The van der Waals surface area contributed by atoms with Gasteiger partial charge in [0.2, 0.25) is 0 Å². The molecule has 4 aromatic rings. The average Bonchev–Trinajstić information content (AvgIpc) is 3.46. The van der Waals surface area contributed by atoms with Crippen molar-refractivity contribution in [3.8, 4) is 11.5 Å². The van der Waals surface area contributed by atoms with Crippen LogP contribution in [0.4, 0.5) is 5.13 Å². The lowest BCUT2D eigenvalue weighted by atomic mass is 9.93. The number of carbonyl (C=O) groups is 2. The molecule has 7 nitrogen and oxygen atoms in total. The Labute approximate surface area is 230 Å². The maximum atomic E-state index is 13.6. The van der Waals surface area contributed by atoms with Gasteiger partial charge in [0.1, 0.15) is 19.0 Å². The summed E-state index contributed by atoms with van der Waals surface area (Å²) in [4.78, 5) is 33.4. The van der Waals surface area contributed by atoms with Gasteiger partial charge in [-0.15, -0.1) is 0 Å². The Balaban J connectivity index is 1.54. The molecule has 0 saturated carbocycles. The van der Waals surface area contributed by atoms with Gasteiger partial charge in [-0.3, -0.25) is 14.5 Å². The van der Waals surface area contributed by atoms with Crippen molar-refractivity contribution in [2.45, 2.75) is 39.7 Å². The molecule has 0 spiro atoms. The molecule has 1 amide bonds. The highest BCUT2D eigenvalue weighted by Crippen LogP contribution is 2.45. The standard InChI is InChI=1S/C31H28N2O5S/c1-16(2)19-5-7-20(8-6-19)27-25(28(34)21-9-10-22-23(15-21)38-12-11-37-22)29(35)30(36)33(27)31-32-26-18(4)13-17(3)14-24(26)39-31/h5-10,13-16,27,34H,11-12H2,1-4H3. The van der Waals surface area contributed by atoms with Gasteiger partial charge in [-0.05, 0) is 66.3 Å². The van der Waals surface area contributed by atoms with Crippen LogP contribution >= 0.6 is 11.3 Å². The van der Waals surface area contributed by atoms with Crippen LogP contribution in [0.5, 0.6) is 11.5 Å². The van der Waals surface area contributed by atoms with Gasteiger partial charge in [0.25, 0.3) is 5.78 Å². The van der Waals surface area contributed by atoms with Gasteiger partial charge in [0.05, 0.1) is 21.8 Å². The van der Waals surface area contributed by atoms with E-state index in [1.54, 1.807) is 18.2 Å². The Bertz CT molecular complexity index is 1670. The molecular formula is C31H28N2O5S. The summed E-state index contributed by atoms with van der Waals surface area (Å²) in [5.74, 6) is -0.376. The number of aliphatic hydroxyl groups excluding tert-OH is 1. The number of fused-ring (bicyclic) bond motifs is 2. The highest BCUT2D eigenvalue weighted by atomic mass is 32.1. The molecule has 6 rings (SSSR count). The van der Waals surface area contributed by atoms with Crippen molar-refractivity contribution in [1.29, 1.82) is 0 Å². The summed E-state index contributed by atoms with van der Waals surface area (Å²) in [7, 11) is 0. The first-order valence-corrected chi connectivity index (χ1v) is 13.7. The van der Waals surface area contributed by atoms with Crippen LogP contribution in [-0.4, -0.2) is 35.0 Å². The quantitative estimate of drug-likeness (QED) is 0.182.